The second kappa shape index (κ2) is 5.73. The van der Waals surface area contributed by atoms with E-state index < -0.39 is 0 Å². The summed E-state index contributed by atoms with van der Waals surface area (Å²) in [6.07, 6.45) is 10.2. The van der Waals surface area contributed by atoms with E-state index in [1.54, 1.807) is 5.57 Å². The number of thioether (sulfide) groups is 1. The predicted octanol–water partition coefficient (Wildman–Crippen LogP) is 1.94. The summed E-state index contributed by atoms with van der Waals surface area (Å²) in [5.74, 6) is 0. The first kappa shape index (κ1) is 11.2. The summed E-state index contributed by atoms with van der Waals surface area (Å²) >= 11 is 1.94. The molecule has 1 heterocycles. The second-order valence-corrected chi connectivity index (χ2v) is 5.15. The number of ether oxygens (including phenoxy) is 1. The SMILES string of the molecule is CS[C@H]1C=CC=C(CN2CCOCC2)C1. The van der Waals surface area contributed by atoms with Gasteiger partial charge in [-0.15, -0.1) is 0 Å². The Morgan fingerprint density at radius 3 is 3.00 bits per heavy atom. The molecule has 1 aliphatic heterocycles. The number of hydrogen-bond donors (Lipinski definition) is 0. The Kier molecular flexibility index (Phi) is 4.29. The first-order valence-electron chi connectivity index (χ1n) is 5.57. The molecule has 0 aromatic carbocycles. The zero-order chi connectivity index (χ0) is 10.5. The average molecular weight is 225 g/mol. The van der Waals surface area contributed by atoms with E-state index >= 15 is 0 Å². The van der Waals surface area contributed by atoms with E-state index in [1.807, 2.05) is 11.8 Å². The lowest BCUT2D eigenvalue weighted by Crippen LogP contribution is -2.37. The molecule has 0 aromatic rings. The van der Waals surface area contributed by atoms with Gasteiger partial charge in [-0.1, -0.05) is 23.8 Å². The predicted molar refractivity (Wildman–Crippen MR) is 66.4 cm³/mol. The first-order chi connectivity index (χ1) is 7.38. The van der Waals surface area contributed by atoms with E-state index in [0.717, 1.165) is 32.8 Å². The Hall–Kier alpha value is -0.250. The summed E-state index contributed by atoms with van der Waals surface area (Å²) in [5.41, 5.74) is 1.57. The molecule has 2 nitrogen and oxygen atoms in total. The van der Waals surface area contributed by atoms with Gasteiger partial charge in [-0.3, -0.25) is 4.90 Å². The largest absolute Gasteiger partial charge is 0.379 e. The molecule has 2 aliphatic rings. The first-order valence-corrected chi connectivity index (χ1v) is 6.86. The molecule has 84 valence electrons. The topological polar surface area (TPSA) is 12.5 Å². The van der Waals surface area contributed by atoms with E-state index in [0.29, 0.717) is 5.25 Å². The van der Waals surface area contributed by atoms with Crippen LogP contribution in [0.1, 0.15) is 6.42 Å². The fourth-order valence-electron chi connectivity index (χ4n) is 2.04. The smallest absolute Gasteiger partial charge is 0.0594 e. The summed E-state index contributed by atoms with van der Waals surface area (Å²) in [4.78, 5) is 2.49. The lowest BCUT2D eigenvalue weighted by molar-refractivity contribution is 0.0420. The molecule has 0 unspecified atom stereocenters. The normalized spacial score (nSPS) is 27.8. The number of nitrogens with zero attached hydrogens (tertiary/aromatic N) is 1. The molecule has 3 heteroatoms. The summed E-state index contributed by atoms with van der Waals surface area (Å²) in [5, 5.41) is 0.686. The van der Waals surface area contributed by atoms with Gasteiger partial charge in [-0.05, 0) is 12.7 Å². The molecule has 2 rings (SSSR count). The van der Waals surface area contributed by atoms with Crippen molar-refractivity contribution < 1.29 is 4.74 Å². The van der Waals surface area contributed by atoms with Crippen LogP contribution >= 0.6 is 11.8 Å². The van der Waals surface area contributed by atoms with Crippen molar-refractivity contribution in [1.82, 2.24) is 4.90 Å². The van der Waals surface area contributed by atoms with E-state index in [2.05, 4.69) is 29.4 Å². The summed E-state index contributed by atoms with van der Waals surface area (Å²) < 4.78 is 5.35. The van der Waals surface area contributed by atoms with Gasteiger partial charge in [-0.2, -0.15) is 11.8 Å². The highest BCUT2D eigenvalue weighted by Crippen LogP contribution is 2.22. The Bertz CT molecular complexity index is 256. The zero-order valence-electron chi connectivity index (χ0n) is 9.32. The summed E-state index contributed by atoms with van der Waals surface area (Å²) in [6.45, 7) is 5.10. The lowest BCUT2D eigenvalue weighted by Gasteiger charge is -2.29. The van der Waals surface area contributed by atoms with Crippen molar-refractivity contribution in [2.45, 2.75) is 11.7 Å². The van der Waals surface area contributed by atoms with Crippen molar-refractivity contribution in [1.29, 1.82) is 0 Å². The lowest BCUT2D eigenvalue weighted by atomic mass is 10.0. The van der Waals surface area contributed by atoms with Crippen LogP contribution in [0.3, 0.4) is 0 Å². The maximum atomic E-state index is 5.35. The Morgan fingerprint density at radius 2 is 2.27 bits per heavy atom. The standard InChI is InChI=1S/C12H19NOS/c1-15-12-4-2-3-11(9-12)10-13-5-7-14-8-6-13/h2-4,12H,5-10H2,1H3/t12-/m0/s1. The third-order valence-corrected chi connectivity index (χ3v) is 3.88. The van der Waals surface area contributed by atoms with Crippen molar-refractivity contribution in [3.63, 3.8) is 0 Å². The number of allylic oxidation sites excluding steroid dienone is 2. The number of hydrogen-bond acceptors (Lipinski definition) is 3. The molecule has 0 spiro atoms. The van der Waals surface area contributed by atoms with Gasteiger partial charge in [0.1, 0.15) is 0 Å². The van der Waals surface area contributed by atoms with Gasteiger partial charge >= 0.3 is 0 Å². The Morgan fingerprint density at radius 1 is 1.47 bits per heavy atom. The minimum atomic E-state index is 0.686. The van der Waals surface area contributed by atoms with Gasteiger partial charge in [0.05, 0.1) is 13.2 Å². The molecule has 0 saturated carbocycles. The molecule has 0 N–H and O–H groups in total. The van der Waals surface area contributed by atoms with Gasteiger partial charge in [0, 0.05) is 24.9 Å². The fraction of sp³-hybridized carbons (Fsp3) is 0.667. The van der Waals surface area contributed by atoms with Crippen LogP contribution in [0.25, 0.3) is 0 Å². The van der Waals surface area contributed by atoms with Gasteiger partial charge < -0.3 is 4.74 Å². The van der Waals surface area contributed by atoms with Crippen molar-refractivity contribution in [2.24, 2.45) is 0 Å². The Labute approximate surface area is 96.4 Å². The van der Waals surface area contributed by atoms with E-state index in [-0.39, 0.29) is 0 Å². The minimum absolute atomic E-state index is 0.686. The van der Waals surface area contributed by atoms with Gasteiger partial charge in [0.2, 0.25) is 0 Å². The molecule has 0 bridgehead atoms. The van der Waals surface area contributed by atoms with Crippen LogP contribution < -0.4 is 0 Å². The Balaban J connectivity index is 1.83. The summed E-state index contributed by atoms with van der Waals surface area (Å²) in [7, 11) is 0. The van der Waals surface area contributed by atoms with Crippen LogP contribution in [0.15, 0.2) is 23.8 Å². The fourth-order valence-corrected chi connectivity index (χ4v) is 2.66. The van der Waals surface area contributed by atoms with Crippen LogP contribution in [-0.2, 0) is 4.74 Å². The van der Waals surface area contributed by atoms with Crippen molar-refractivity contribution >= 4 is 11.8 Å². The quantitative estimate of drug-likeness (QED) is 0.728. The van der Waals surface area contributed by atoms with Crippen LogP contribution in [0.4, 0.5) is 0 Å². The van der Waals surface area contributed by atoms with E-state index in [9.17, 15) is 0 Å². The number of rotatable bonds is 3. The van der Waals surface area contributed by atoms with Crippen LogP contribution in [-0.4, -0.2) is 49.3 Å². The molecule has 0 aromatic heterocycles. The van der Waals surface area contributed by atoms with Crippen LogP contribution in [0.5, 0.6) is 0 Å². The third-order valence-electron chi connectivity index (χ3n) is 2.95. The maximum absolute atomic E-state index is 5.35. The molecule has 1 saturated heterocycles. The van der Waals surface area contributed by atoms with Gasteiger partial charge in [-0.25, -0.2) is 0 Å². The van der Waals surface area contributed by atoms with Gasteiger partial charge in [0.25, 0.3) is 0 Å². The molecule has 0 amide bonds. The average Bonchev–Trinajstić information content (AvgIpc) is 2.31. The number of morpholine rings is 1. The van der Waals surface area contributed by atoms with Crippen molar-refractivity contribution in [3.8, 4) is 0 Å². The highest BCUT2D eigenvalue weighted by atomic mass is 32.2. The second-order valence-electron chi connectivity index (χ2n) is 4.08. The molecular weight excluding hydrogens is 206 g/mol. The van der Waals surface area contributed by atoms with E-state index in [4.69, 9.17) is 4.74 Å². The maximum Gasteiger partial charge on any atom is 0.0594 e. The molecule has 15 heavy (non-hydrogen) atoms. The van der Waals surface area contributed by atoms with Crippen LogP contribution in [0.2, 0.25) is 0 Å². The van der Waals surface area contributed by atoms with E-state index in [1.165, 1.54) is 6.42 Å². The van der Waals surface area contributed by atoms with Crippen LogP contribution in [0, 0.1) is 0 Å². The molecule has 1 fully saturated rings. The summed E-state index contributed by atoms with van der Waals surface area (Å²) in [6, 6.07) is 0. The zero-order valence-corrected chi connectivity index (χ0v) is 10.1. The molecule has 1 aliphatic carbocycles. The van der Waals surface area contributed by atoms with Crippen molar-refractivity contribution in [3.05, 3.63) is 23.8 Å². The highest BCUT2D eigenvalue weighted by molar-refractivity contribution is 7.99. The van der Waals surface area contributed by atoms with Crippen molar-refractivity contribution in [2.75, 3.05) is 39.1 Å². The van der Waals surface area contributed by atoms with Gasteiger partial charge in [0.15, 0.2) is 0 Å². The third kappa shape index (κ3) is 3.37. The molecule has 0 radical (unpaired) electrons. The molecular formula is C12H19NOS. The molecule has 1 atom stereocenters. The highest BCUT2D eigenvalue weighted by Gasteiger charge is 2.15. The minimum Gasteiger partial charge on any atom is -0.379 e. The monoisotopic (exact) mass is 225 g/mol.